The summed E-state index contributed by atoms with van der Waals surface area (Å²) >= 11 is 3.49. The Kier molecular flexibility index (Phi) is 4.42. The lowest BCUT2D eigenvalue weighted by Gasteiger charge is -2.20. The van der Waals surface area contributed by atoms with Crippen molar-refractivity contribution in [2.45, 2.75) is 13.0 Å². The van der Waals surface area contributed by atoms with Gasteiger partial charge in [-0.2, -0.15) is 0 Å². The second-order valence-electron chi connectivity index (χ2n) is 4.05. The predicted molar refractivity (Wildman–Crippen MR) is 70.2 cm³/mol. The maximum absolute atomic E-state index is 5.67. The Morgan fingerprint density at radius 2 is 2.13 bits per heavy atom. The highest BCUT2D eigenvalue weighted by molar-refractivity contribution is 9.10. The minimum absolute atomic E-state index is 0.403. The summed E-state index contributed by atoms with van der Waals surface area (Å²) in [7, 11) is 4.13. The largest absolute Gasteiger partial charge is 0.399 e. The van der Waals surface area contributed by atoms with Crippen molar-refractivity contribution in [2.24, 2.45) is 0 Å². The van der Waals surface area contributed by atoms with Crippen molar-refractivity contribution in [3.8, 4) is 0 Å². The minimum atomic E-state index is 0.403. The average Bonchev–Trinajstić information content (AvgIpc) is 2.08. The van der Waals surface area contributed by atoms with Gasteiger partial charge in [0.15, 0.2) is 0 Å². The first-order chi connectivity index (χ1) is 6.99. The molecule has 84 valence electrons. The molecule has 15 heavy (non-hydrogen) atoms. The Bertz CT molecular complexity index is 326. The highest BCUT2D eigenvalue weighted by Crippen LogP contribution is 2.25. The maximum atomic E-state index is 5.67. The van der Waals surface area contributed by atoms with E-state index in [9.17, 15) is 0 Å². The number of nitrogen functional groups attached to an aromatic ring is 1. The van der Waals surface area contributed by atoms with Crippen LogP contribution >= 0.6 is 15.9 Å². The van der Waals surface area contributed by atoms with Gasteiger partial charge in [0.2, 0.25) is 0 Å². The molecule has 0 aliphatic rings. The van der Waals surface area contributed by atoms with Gasteiger partial charge in [0, 0.05) is 28.4 Å². The van der Waals surface area contributed by atoms with E-state index in [-0.39, 0.29) is 0 Å². The van der Waals surface area contributed by atoms with Gasteiger partial charge in [0.25, 0.3) is 0 Å². The van der Waals surface area contributed by atoms with Crippen molar-refractivity contribution >= 4 is 27.3 Å². The Labute approximate surface area is 99.8 Å². The van der Waals surface area contributed by atoms with Gasteiger partial charge in [-0.15, -0.1) is 0 Å². The molecular weight excluding hydrogens is 254 g/mol. The Hall–Kier alpha value is -0.740. The fourth-order valence-corrected chi connectivity index (χ4v) is 2.02. The summed E-state index contributed by atoms with van der Waals surface area (Å²) in [4.78, 5) is 2.16. The van der Waals surface area contributed by atoms with Crippen molar-refractivity contribution in [1.29, 1.82) is 0 Å². The lowest BCUT2D eigenvalue weighted by Crippen LogP contribution is -2.29. The first-order valence-corrected chi connectivity index (χ1v) is 5.74. The number of nitrogens with one attached hydrogen (secondary N) is 1. The molecule has 1 unspecified atom stereocenters. The van der Waals surface area contributed by atoms with Gasteiger partial charge < -0.3 is 16.0 Å². The van der Waals surface area contributed by atoms with Gasteiger partial charge in [-0.05, 0) is 55.1 Å². The van der Waals surface area contributed by atoms with Crippen molar-refractivity contribution in [2.75, 3.05) is 31.7 Å². The molecule has 1 atom stereocenters. The van der Waals surface area contributed by atoms with Gasteiger partial charge in [0.05, 0.1) is 0 Å². The van der Waals surface area contributed by atoms with Gasteiger partial charge in [-0.1, -0.05) is 0 Å². The topological polar surface area (TPSA) is 41.3 Å². The quantitative estimate of drug-likeness (QED) is 0.827. The summed E-state index contributed by atoms with van der Waals surface area (Å²) < 4.78 is 1.01. The minimum Gasteiger partial charge on any atom is -0.399 e. The molecule has 0 saturated carbocycles. The smallest absolute Gasteiger partial charge is 0.0488 e. The number of halogens is 1. The third-order valence-electron chi connectivity index (χ3n) is 2.03. The molecule has 0 aromatic heterocycles. The van der Waals surface area contributed by atoms with Gasteiger partial charge in [-0.3, -0.25) is 0 Å². The molecular formula is C11H18BrN3. The zero-order valence-electron chi connectivity index (χ0n) is 9.42. The normalized spacial score (nSPS) is 12.9. The fourth-order valence-electron chi connectivity index (χ4n) is 1.51. The van der Waals surface area contributed by atoms with Crippen LogP contribution < -0.4 is 11.1 Å². The lowest BCUT2D eigenvalue weighted by atomic mass is 10.2. The summed E-state index contributed by atoms with van der Waals surface area (Å²) in [5.74, 6) is 0. The van der Waals surface area contributed by atoms with Crippen molar-refractivity contribution in [1.82, 2.24) is 4.90 Å². The van der Waals surface area contributed by atoms with E-state index in [1.807, 2.05) is 18.2 Å². The summed E-state index contributed by atoms with van der Waals surface area (Å²) in [5, 5.41) is 3.42. The second kappa shape index (κ2) is 5.37. The first-order valence-electron chi connectivity index (χ1n) is 4.95. The van der Waals surface area contributed by atoms with Gasteiger partial charge >= 0.3 is 0 Å². The zero-order chi connectivity index (χ0) is 11.4. The molecule has 0 aliphatic carbocycles. The van der Waals surface area contributed by atoms with E-state index in [2.05, 4.69) is 47.2 Å². The molecule has 0 amide bonds. The molecule has 1 rings (SSSR count). The summed E-state index contributed by atoms with van der Waals surface area (Å²) in [6, 6.07) is 6.20. The molecule has 0 heterocycles. The van der Waals surface area contributed by atoms with E-state index in [1.165, 1.54) is 0 Å². The van der Waals surface area contributed by atoms with Crippen molar-refractivity contribution in [3.05, 3.63) is 22.7 Å². The molecule has 0 spiro atoms. The summed E-state index contributed by atoms with van der Waals surface area (Å²) in [6.07, 6.45) is 0. The second-order valence-corrected chi connectivity index (χ2v) is 4.90. The first kappa shape index (κ1) is 12.3. The zero-order valence-corrected chi connectivity index (χ0v) is 11.0. The molecule has 0 bridgehead atoms. The third kappa shape index (κ3) is 4.10. The molecule has 3 nitrogen and oxygen atoms in total. The number of rotatable bonds is 4. The van der Waals surface area contributed by atoms with Crippen LogP contribution in [-0.2, 0) is 0 Å². The van der Waals surface area contributed by atoms with Gasteiger partial charge in [0.1, 0.15) is 0 Å². The standard InChI is InChI=1S/C11H18BrN3/c1-8(7-15(2)3)14-11-5-4-9(13)6-10(11)12/h4-6,8,14H,7,13H2,1-3H3. The molecule has 0 aliphatic heterocycles. The van der Waals surface area contributed by atoms with Crippen LogP contribution in [0.25, 0.3) is 0 Å². The predicted octanol–water partition coefficient (Wildman–Crippen LogP) is 2.39. The lowest BCUT2D eigenvalue weighted by molar-refractivity contribution is 0.392. The summed E-state index contributed by atoms with van der Waals surface area (Å²) in [6.45, 7) is 3.15. The number of anilines is 2. The number of nitrogens with two attached hydrogens (primary N) is 1. The van der Waals surface area contributed by atoms with Crippen LogP contribution in [0.1, 0.15) is 6.92 Å². The molecule has 1 aromatic carbocycles. The van der Waals surface area contributed by atoms with Crippen molar-refractivity contribution < 1.29 is 0 Å². The molecule has 0 saturated heterocycles. The maximum Gasteiger partial charge on any atom is 0.0488 e. The Morgan fingerprint density at radius 3 is 2.67 bits per heavy atom. The van der Waals surface area contributed by atoms with Crippen LogP contribution in [0.5, 0.6) is 0 Å². The SMILES string of the molecule is CC(CN(C)C)Nc1ccc(N)cc1Br. The van der Waals surface area contributed by atoms with E-state index >= 15 is 0 Å². The van der Waals surface area contributed by atoms with E-state index in [1.54, 1.807) is 0 Å². The average molecular weight is 272 g/mol. The molecule has 0 fully saturated rings. The Morgan fingerprint density at radius 1 is 1.47 bits per heavy atom. The van der Waals surface area contributed by atoms with Crippen LogP contribution in [0.4, 0.5) is 11.4 Å². The van der Waals surface area contributed by atoms with E-state index in [0.29, 0.717) is 6.04 Å². The number of hydrogen-bond acceptors (Lipinski definition) is 3. The molecule has 4 heteroatoms. The van der Waals surface area contributed by atoms with E-state index < -0.39 is 0 Å². The van der Waals surface area contributed by atoms with Crippen LogP contribution in [0.3, 0.4) is 0 Å². The Balaban J connectivity index is 2.64. The number of nitrogens with zero attached hydrogens (tertiary/aromatic N) is 1. The molecule has 3 N–H and O–H groups in total. The monoisotopic (exact) mass is 271 g/mol. The van der Waals surface area contributed by atoms with Crippen LogP contribution in [0.15, 0.2) is 22.7 Å². The number of benzene rings is 1. The molecule has 0 radical (unpaired) electrons. The van der Waals surface area contributed by atoms with Crippen molar-refractivity contribution in [3.63, 3.8) is 0 Å². The van der Waals surface area contributed by atoms with Gasteiger partial charge in [-0.25, -0.2) is 0 Å². The van der Waals surface area contributed by atoms with E-state index in [4.69, 9.17) is 5.73 Å². The highest BCUT2D eigenvalue weighted by atomic mass is 79.9. The highest BCUT2D eigenvalue weighted by Gasteiger charge is 2.05. The summed E-state index contributed by atoms with van der Waals surface area (Å²) in [5.41, 5.74) is 7.53. The fraction of sp³-hybridized carbons (Fsp3) is 0.455. The third-order valence-corrected chi connectivity index (χ3v) is 2.69. The molecule has 1 aromatic rings. The van der Waals surface area contributed by atoms with Crippen LogP contribution in [-0.4, -0.2) is 31.6 Å². The van der Waals surface area contributed by atoms with Crippen LogP contribution in [0, 0.1) is 0 Å². The van der Waals surface area contributed by atoms with Crippen LogP contribution in [0.2, 0.25) is 0 Å². The number of likely N-dealkylation sites (N-methyl/N-ethyl adjacent to an activating group) is 1. The van der Waals surface area contributed by atoms with E-state index in [0.717, 1.165) is 22.4 Å². The number of hydrogen-bond donors (Lipinski definition) is 2.